The Kier molecular flexibility index (Phi) is 6.50. The van der Waals surface area contributed by atoms with E-state index in [0.717, 1.165) is 24.6 Å². The van der Waals surface area contributed by atoms with Gasteiger partial charge in [0, 0.05) is 10.5 Å². The Balaban J connectivity index is 1.59. The molecule has 6 heteroatoms. The van der Waals surface area contributed by atoms with Crippen LogP contribution in [-0.2, 0) is 4.79 Å². The van der Waals surface area contributed by atoms with Crippen molar-refractivity contribution in [1.29, 1.82) is 0 Å². The maximum absolute atomic E-state index is 14.1. The summed E-state index contributed by atoms with van der Waals surface area (Å²) in [5.74, 6) is -0.196. The van der Waals surface area contributed by atoms with Crippen LogP contribution in [0.2, 0.25) is 0 Å². The Morgan fingerprint density at radius 3 is 2.63 bits per heavy atom. The molecule has 142 valence electrons. The second kappa shape index (κ2) is 9.04. The highest BCUT2D eigenvalue weighted by Gasteiger charge is 2.18. The number of carbonyl (C=O) groups is 2. The van der Waals surface area contributed by atoms with Crippen LogP contribution >= 0.6 is 11.8 Å². The summed E-state index contributed by atoms with van der Waals surface area (Å²) >= 11 is 1.09. The van der Waals surface area contributed by atoms with Gasteiger partial charge in [-0.3, -0.25) is 9.59 Å². The summed E-state index contributed by atoms with van der Waals surface area (Å²) in [6, 6.07) is 11.7. The highest BCUT2D eigenvalue weighted by atomic mass is 32.2. The first-order valence-corrected chi connectivity index (χ1v) is 10.0. The van der Waals surface area contributed by atoms with E-state index >= 15 is 0 Å². The molecule has 1 N–H and O–H groups in total. The number of anilines is 1. The first kappa shape index (κ1) is 19.4. The van der Waals surface area contributed by atoms with Crippen LogP contribution in [0.5, 0.6) is 5.75 Å². The van der Waals surface area contributed by atoms with Gasteiger partial charge in [-0.1, -0.05) is 18.2 Å². The van der Waals surface area contributed by atoms with Crippen molar-refractivity contribution in [1.82, 2.24) is 0 Å². The smallest absolute Gasteiger partial charge is 0.234 e. The zero-order valence-corrected chi connectivity index (χ0v) is 16.0. The Morgan fingerprint density at radius 1 is 1.19 bits per heavy atom. The number of carbonyl (C=O) groups excluding carboxylic acids is 2. The molecule has 0 radical (unpaired) electrons. The van der Waals surface area contributed by atoms with Crippen LogP contribution < -0.4 is 10.1 Å². The van der Waals surface area contributed by atoms with Crippen molar-refractivity contribution in [3.05, 3.63) is 53.8 Å². The molecule has 2 aromatic rings. The molecule has 27 heavy (non-hydrogen) atoms. The molecule has 2 aromatic carbocycles. The Hall–Kier alpha value is -2.34. The van der Waals surface area contributed by atoms with Crippen LogP contribution in [0.1, 0.15) is 43.0 Å². The van der Waals surface area contributed by atoms with Gasteiger partial charge in [0.25, 0.3) is 0 Å². The van der Waals surface area contributed by atoms with E-state index in [-0.39, 0.29) is 23.5 Å². The van der Waals surface area contributed by atoms with Crippen molar-refractivity contribution in [2.45, 2.75) is 43.6 Å². The summed E-state index contributed by atoms with van der Waals surface area (Å²) in [7, 11) is 0. The van der Waals surface area contributed by atoms with Gasteiger partial charge in [0.05, 0.1) is 17.5 Å². The first-order chi connectivity index (χ1) is 13.0. The van der Waals surface area contributed by atoms with Crippen molar-refractivity contribution < 1.29 is 18.7 Å². The molecule has 1 fully saturated rings. The molecule has 1 amide bonds. The lowest BCUT2D eigenvalue weighted by atomic mass is 10.1. The average molecular weight is 387 g/mol. The molecule has 0 aromatic heterocycles. The second-order valence-corrected chi connectivity index (χ2v) is 7.58. The molecular weight excluding hydrogens is 365 g/mol. The maximum Gasteiger partial charge on any atom is 0.234 e. The van der Waals surface area contributed by atoms with Gasteiger partial charge in [0.1, 0.15) is 11.6 Å². The number of nitrogens with one attached hydrogen (secondary N) is 1. The number of benzene rings is 2. The number of rotatable bonds is 7. The van der Waals surface area contributed by atoms with Gasteiger partial charge in [0.15, 0.2) is 5.78 Å². The van der Waals surface area contributed by atoms with E-state index in [4.69, 9.17) is 4.74 Å². The number of halogens is 1. The Morgan fingerprint density at radius 2 is 1.93 bits per heavy atom. The average Bonchev–Trinajstić information content (AvgIpc) is 3.15. The van der Waals surface area contributed by atoms with Crippen molar-refractivity contribution >= 4 is 29.1 Å². The van der Waals surface area contributed by atoms with Gasteiger partial charge in [0.2, 0.25) is 5.91 Å². The summed E-state index contributed by atoms with van der Waals surface area (Å²) in [4.78, 5) is 23.9. The number of amides is 1. The molecule has 0 bridgehead atoms. The number of Topliss-reactive ketones (excluding diaryl/α,β-unsaturated/α-hetero) is 1. The summed E-state index contributed by atoms with van der Waals surface area (Å²) in [5, 5.41) is 2.84. The van der Waals surface area contributed by atoms with Crippen molar-refractivity contribution in [3.63, 3.8) is 0 Å². The molecule has 1 saturated carbocycles. The lowest BCUT2D eigenvalue weighted by Crippen LogP contribution is -2.17. The molecule has 0 saturated heterocycles. The van der Waals surface area contributed by atoms with Gasteiger partial charge in [-0.25, -0.2) is 4.39 Å². The fourth-order valence-corrected chi connectivity index (χ4v) is 3.74. The molecule has 0 aliphatic heterocycles. The van der Waals surface area contributed by atoms with Crippen LogP contribution in [0.3, 0.4) is 0 Å². The molecule has 4 nitrogen and oxygen atoms in total. The predicted molar refractivity (Wildman–Crippen MR) is 105 cm³/mol. The summed E-state index contributed by atoms with van der Waals surface area (Å²) < 4.78 is 20.1. The van der Waals surface area contributed by atoms with E-state index in [1.165, 1.54) is 31.9 Å². The van der Waals surface area contributed by atoms with Crippen molar-refractivity contribution in [2.24, 2.45) is 0 Å². The monoisotopic (exact) mass is 387 g/mol. The molecular formula is C21H22FNO3S. The minimum atomic E-state index is -0.495. The molecule has 0 spiro atoms. The summed E-state index contributed by atoms with van der Waals surface area (Å²) in [6.07, 6.45) is 4.61. The molecule has 1 aliphatic rings. The standard InChI is InChI=1S/C21H22FNO3S/c1-14(24)15-10-11-20(17(22)12-15)27-13-21(25)23-18-8-4-5-9-19(18)26-16-6-2-3-7-16/h4-5,8-12,16H,2-3,6-7,13H2,1H3,(H,23,25). The molecule has 0 atom stereocenters. The van der Waals surface area contributed by atoms with Crippen molar-refractivity contribution in [2.75, 3.05) is 11.1 Å². The van der Waals surface area contributed by atoms with E-state index in [0.29, 0.717) is 21.9 Å². The fourth-order valence-electron chi connectivity index (χ4n) is 3.02. The number of para-hydroxylation sites is 2. The zero-order valence-electron chi connectivity index (χ0n) is 15.2. The minimum Gasteiger partial charge on any atom is -0.488 e. The van der Waals surface area contributed by atoms with Crippen LogP contribution in [-0.4, -0.2) is 23.5 Å². The molecule has 0 unspecified atom stereocenters. The highest BCUT2D eigenvalue weighted by Crippen LogP contribution is 2.30. The van der Waals surface area contributed by atoms with Crippen LogP contribution in [0, 0.1) is 5.82 Å². The Labute approximate surface area is 162 Å². The minimum absolute atomic E-state index is 0.0636. The number of hydrogen-bond donors (Lipinski definition) is 1. The van der Waals surface area contributed by atoms with Gasteiger partial charge in [-0.15, -0.1) is 11.8 Å². The van der Waals surface area contributed by atoms with Gasteiger partial charge < -0.3 is 10.1 Å². The van der Waals surface area contributed by atoms with Gasteiger partial charge in [-0.05, 0) is 56.9 Å². The molecule has 3 rings (SSSR count). The molecule has 0 heterocycles. The van der Waals surface area contributed by atoms with E-state index in [9.17, 15) is 14.0 Å². The van der Waals surface area contributed by atoms with Gasteiger partial charge in [-0.2, -0.15) is 0 Å². The number of ether oxygens (including phenoxy) is 1. The van der Waals surface area contributed by atoms with Crippen LogP contribution in [0.25, 0.3) is 0 Å². The second-order valence-electron chi connectivity index (χ2n) is 6.56. The maximum atomic E-state index is 14.1. The summed E-state index contributed by atoms with van der Waals surface area (Å²) in [5.41, 5.74) is 0.946. The topological polar surface area (TPSA) is 55.4 Å². The van der Waals surface area contributed by atoms with Crippen molar-refractivity contribution in [3.8, 4) is 5.75 Å². The van der Waals surface area contributed by atoms with Crippen LogP contribution in [0.4, 0.5) is 10.1 Å². The van der Waals surface area contributed by atoms with Gasteiger partial charge >= 0.3 is 0 Å². The lowest BCUT2D eigenvalue weighted by molar-refractivity contribution is -0.113. The SMILES string of the molecule is CC(=O)c1ccc(SCC(=O)Nc2ccccc2OC2CCCC2)c(F)c1. The van der Waals surface area contributed by atoms with E-state index in [1.54, 1.807) is 12.1 Å². The third kappa shape index (κ3) is 5.32. The third-order valence-corrected chi connectivity index (χ3v) is 5.50. The normalized spacial score (nSPS) is 14.1. The lowest BCUT2D eigenvalue weighted by Gasteiger charge is -2.16. The zero-order chi connectivity index (χ0) is 19.2. The summed E-state index contributed by atoms with van der Waals surface area (Å²) in [6.45, 7) is 1.39. The quantitative estimate of drug-likeness (QED) is 0.532. The fraction of sp³-hybridized carbons (Fsp3) is 0.333. The van der Waals surface area contributed by atoms with Crippen LogP contribution in [0.15, 0.2) is 47.4 Å². The van der Waals surface area contributed by atoms with E-state index in [2.05, 4.69) is 5.32 Å². The van der Waals surface area contributed by atoms with E-state index in [1.807, 2.05) is 18.2 Å². The Bertz CT molecular complexity index is 834. The number of ketones is 1. The molecule has 1 aliphatic carbocycles. The highest BCUT2D eigenvalue weighted by molar-refractivity contribution is 8.00. The largest absolute Gasteiger partial charge is 0.488 e. The predicted octanol–water partition coefficient (Wildman–Crippen LogP) is 5.08. The van der Waals surface area contributed by atoms with E-state index < -0.39 is 5.82 Å². The first-order valence-electron chi connectivity index (χ1n) is 9.02. The number of hydrogen-bond acceptors (Lipinski definition) is 4. The number of thioether (sulfide) groups is 1. The third-order valence-electron chi connectivity index (χ3n) is 4.45.